The van der Waals surface area contributed by atoms with Gasteiger partial charge in [0.1, 0.15) is 0 Å². The van der Waals surface area contributed by atoms with Gasteiger partial charge in [-0.15, -0.1) is 0 Å². The Morgan fingerprint density at radius 2 is 1.85 bits per heavy atom. The summed E-state index contributed by atoms with van der Waals surface area (Å²) in [4.78, 5) is 25.0. The van der Waals surface area contributed by atoms with Gasteiger partial charge in [0.25, 0.3) is 5.91 Å². The van der Waals surface area contributed by atoms with Crippen molar-refractivity contribution < 1.29 is 9.59 Å². The minimum Gasteiger partial charge on any atom is -0.350 e. The van der Waals surface area contributed by atoms with Gasteiger partial charge in [-0.05, 0) is 75.1 Å². The van der Waals surface area contributed by atoms with Crippen LogP contribution in [0, 0.1) is 6.92 Å². The standard InChI is InChI=1S/C21H23ClN2O2/c1-13(2)23-19(25)15-7-8-18(14(3)11-15)24-20(26)21(9-10-21)16-5-4-6-17(22)12-16/h4-8,11-13H,9-10H2,1-3H3,(H,23,25)(H,24,26). The number of hydrogen-bond acceptors (Lipinski definition) is 2. The fourth-order valence-corrected chi connectivity index (χ4v) is 3.28. The summed E-state index contributed by atoms with van der Waals surface area (Å²) in [6.45, 7) is 5.73. The summed E-state index contributed by atoms with van der Waals surface area (Å²) in [5.41, 5.74) is 2.63. The molecule has 2 N–H and O–H groups in total. The molecule has 0 aliphatic heterocycles. The van der Waals surface area contributed by atoms with E-state index < -0.39 is 5.41 Å². The number of carbonyl (C=O) groups is 2. The third-order valence-corrected chi connectivity index (χ3v) is 4.95. The molecular weight excluding hydrogens is 348 g/mol. The van der Waals surface area contributed by atoms with Crippen LogP contribution in [-0.2, 0) is 10.2 Å². The van der Waals surface area contributed by atoms with Gasteiger partial charge in [0, 0.05) is 22.3 Å². The number of halogens is 1. The van der Waals surface area contributed by atoms with E-state index in [1.54, 1.807) is 18.2 Å². The van der Waals surface area contributed by atoms with Crippen molar-refractivity contribution in [2.45, 2.75) is 45.1 Å². The Kier molecular flexibility index (Phi) is 5.05. The van der Waals surface area contributed by atoms with Crippen molar-refractivity contribution in [2.75, 3.05) is 5.32 Å². The molecule has 1 saturated carbocycles. The molecule has 0 atom stereocenters. The molecular formula is C21H23ClN2O2. The number of aryl methyl sites for hydroxylation is 1. The van der Waals surface area contributed by atoms with E-state index in [4.69, 9.17) is 11.6 Å². The SMILES string of the molecule is Cc1cc(C(=O)NC(C)C)ccc1NC(=O)C1(c2cccc(Cl)c2)CC1. The van der Waals surface area contributed by atoms with Crippen molar-refractivity contribution in [3.63, 3.8) is 0 Å². The molecule has 5 heteroatoms. The van der Waals surface area contributed by atoms with E-state index in [2.05, 4.69) is 10.6 Å². The first-order valence-electron chi connectivity index (χ1n) is 8.81. The number of rotatable bonds is 5. The molecule has 1 aliphatic carbocycles. The van der Waals surface area contributed by atoms with Gasteiger partial charge in [0.05, 0.1) is 5.41 Å². The van der Waals surface area contributed by atoms with Gasteiger partial charge in [-0.1, -0.05) is 23.7 Å². The normalized spacial score (nSPS) is 14.8. The van der Waals surface area contributed by atoms with Gasteiger partial charge in [0.2, 0.25) is 5.91 Å². The van der Waals surface area contributed by atoms with Crippen LogP contribution >= 0.6 is 11.6 Å². The van der Waals surface area contributed by atoms with Crippen LogP contribution in [0.5, 0.6) is 0 Å². The summed E-state index contributed by atoms with van der Waals surface area (Å²) in [5.74, 6) is -0.138. The summed E-state index contributed by atoms with van der Waals surface area (Å²) in [6.07, 6.45) is 1.63. The summed E-state index contributed by atoms with van der Waals surface area (Å²) >= 11 is 6.08. The first kappa shape index (κ1) is 18.5. The molecule has 2 aromatic carbocycles. The van der Waals surface area contributed by atoms with Gasteiger partial charge in [-0.25, -0.2) is 0 Å². The molecule has 0 saturated heterocycles. The Bertz CT molecular complexity index is 857. The molecule has 0 bridgehead atoms. The van der Waals surface area contributed by atoms with Gasteiger partial charge >= 0.3 is 0 Å². The van der Waals surface area contributed by atoms with Crippen molar-refractivity contribution >= 4 is 29.1 Å². The predicted octanol–water partition coefficient (Wildman–Crippen LogP) is 4.46. The summed E-state index contributed by atoms with van der Waals surface area (Å²) in [6, 6.07) is 12.9. The monoisotopic (exact) mass is 370 g/mol. The number of amides is 2. The molecule has 0 spiro atoms. The zero-order chi connectivity index (χ0) is 18.9. The molecule has 0 radical (unpaired) electrons. The van der Waals surface area contributed by atoms with Gasteiger partial charge < -0.3 is 10.6 Å². The molecule has 3 rings (SSSR count). The maximum Gasteiger partial charge on any atom is 0.251 e. The first-order valence-corrected chi connectivity index (χ1v) is 9.19. The highest BCUT2D eigenvalue weighted by molar-refractivity contribution is 6.30. The number of benzene rings is 2. The molecule has 0 aromatic heterocycles. The van der Waals surface area contributed by atoms with Crippen molar-refractivity contribution in [3.05, 3.63) is 64.2 Å². The topological polar surface area (TPSA) is 58.2 Å². The highest BCUT2D eigenvalue weighted by Gasteiger charge is 2.51. The predicted molar refractivity (Wildman–Crippen MR) is 105 cm³/mol. The Morgan fingerprint density at radius 3 is 2.42 bits per heavy atom. The van der Waals surface area contributed by atoms with Crippen LogP contribution in [0.2, 0.25) is 5.02 Å². The Labute approximate surface area is 158 Å². The first-order chi connectivity index (χ1) is 12.3. The van der Waals surface area contributed by atoms with Crippen LogP contribution in [-0.4, -0.2) is 17.9 Å². The van der Waals surface area contributed by atoms with E-state index >= 15 is 0 Å². The van der Waals surface area contributed by atoms with Gasteiger partial charge in [0.15, 0.2) is 0 Å². The van der Waals surface area contributed by atoms with E-state index in [1.807, 2.05) is 45.0 Å². The van der Waals surface area contributed by atoms with Crippen LogP contribution in [0.1, 0.15) is 48.2 Å². The van der Waals surface area contributed by atoms with E-state index in [9.17, 15) is 9.59 Å². The fraction of sp³-hybridized carbons (Fsp3) is 0.333. The van der Waals surface area contributed by atoms with Crippen LogP contribution in [0.3, 0.4) is 0 Å². The lowest BCUT2D eigenvalue weighted by Crippen LogP contribution is -2.30. The van der Waals surface area contributed by atoms with Crippen LogP contribution in [0.15, 0.2) is 42.5 Å². The highest BCUT2D eigenvalue weighted by Crippen LogP contribution is 2.49. The molecule has 2 aromatic rings. The molecule has 136 valence electrons. The zero-order valence-corrected chi connectivity index (χ0v) is 16.0. The van der Waals surface area contributed by atoms with E-state index in [-0.39, 0.29) is 17.9 Å². The van der Waals surface area contributed by atoms with Crippen molar-refractivity contribution in [3.8, 4) is 0 Å². The quantitative estimate of drug-likeness (QED) is 0.816. The van der Waals surface area contributed by atoms with Crippen LogP contribution in [0.4, 0.5) is 5.69 Å². The fourth-order valence-electron chi connectivity index (χ4n) is 3.09. The average Bonchev–Trinajstić information content (AvgIpc) is 3.38. The Morgan fingerprint density at radius 1 is 1.12 bits per heavy atom. The average molecular weight is 371 g/mol. The number of nitrogens with one attached hydrogen (secondary N) is 2. The molecule has 0 heterocycles. The van der Waals surface area contributed by atoms with Crippen molar-refractivity contribution in [2.24, 2.45) is 0 Å². The smallest absolute Gasteiger partial charge is 0.251 e. The molecule has 1 aliphatic rings. The van der Waals surface area contributed by atoms with Crippen LogP contribution in [0.25, 0.3) is 0 Å². The molecule has 1 fully saturated rings. The van der Waals surface area contributed by atoms with E-state index in [0.29, 0.717) is 10.6 Å². The molecule has 0 unspecified atom stereocenters. The summed E-state index contributed by atoms with van der Waals surface area (Å²) < 4.78 is 0. The second kappa shape index (κ2) is 7.12. The summed E-state index contributed by atoms with van der Waals surface area (Å²) in [5, 5.41) is 6.53. The second-order valence-electron chi connectivity index (χ2n) is 7.20. The minimum absolute atomic E-state index is 0.0257. The largest absolute Gasteiger partial charge is 0.350 e. The maximum atomic E-state index is 12.9. The lowest BCUT2D eigenvalue weighted by molar-refractivity contribution is -0.118. The number of anilines is 1. The lowest BCUT2D eigenvalue weighted by Gasteiger charge is -2.18. The Balaban J connectivity index is 1.77. The number of hydrogen-bond donors (Lipinski definition) is 2. The zero-order valence-electron chi connectivity index (χ0n) is 15.2. The molecule has 4 nitrogen and oxygen atoms in total. The maximum absolute atomic E-state index is 12.9. The van der Waals surface area contributed by atoms with Crippen molar-refractivity contribution in [1.29, 1.82) is 0 Å². The van der Waals surface area contributed by atoms with E-state index in [1.165, 1.54) is 0 Å². The lowest BCUT2D eigenvalue weighted by atomic mass is 9.94. The number of carbonyl (C=O) groups excluding carboxylic acids is 2. The van der Waals surface area contributed by atoms with E-state index in [0.717, 1.165) is 29.7 Å². The third kappa shape index (κ3) is 3.75. The van der Waals surface area contributed by atoms with Gasteiger partial charge in [-0.3, -0.25) is 9.59 Å². The molecule has 2 amide bonds. The minimum atomic E-state index is -0.495. The third-order valence-electron chi connectivity index (χ3n) is 4.72. The highest BCUT2D eigenvalue weighted by atomic mass is 35.5. The van der Waals surface area contributed by atoms with Crippen molar-refractivity contribution in [1.82, 2.24) is 5.32 Å². The molecule has 26 heavy (non-hydrogen) atoms. The second-order valence-corrected chi connectivity index (χ2v) is 7.64. The van der Waals surface area contributed by atoms with Crippen LogP contribution < -0.4 is 10.6 Å². The Hall–Kier alpha value is -2.33. The van der Waals surface area contributed by atoms with Gasteiger partial charge in [-0.2, -0.15) is 0 Å². The summed E-state index contributed by atoms with van der Waals surface area (Å²) in [7, 11) is 0.